The molecule has 0 aliphatic rings. The molecule has 4 aromatic rings. The van der Waals surface area contributed by atoms with E-state index >= 15 is 0 Å². The first-order valence-electron chi connectivity index (χ1n) is 13.3. The molecule has 0 radical (unpaired) electrons. The fraction of sp³-hybridized carbons (Fsp3) is 0.147. The van der Waals surface area contributed by atoms with Crippen molar-refractivity contribution in [3.63, 3.8) is 0 Å². The lowest BCUT2D eigenvalue weighted by Gasteiger charge is -2.20. The Labute approximate surface area is 245 Å². The second kappa shape index (κ2) is 15.3. The van der Waals surface area contributed by atoms with Gasteiger partial charge in [0.2, 0.25) is 5.91 Å². The Bertz CT molecular complexity index is 1640. The van der Waals surface area contributed by atoms with E-state index in [1.54, 1.807) is 48.8 Å². The van der Waals surface area contributed by atoms with Gasteiger partial charge in [-0.15, -0.1) is 0 Å². The number of aromatic nitrogens is 2. The number of pyridine rings is 2. The highest BCUT2D eigenvalue weighted by Gasteiger charge is 2.22. The Morgan fingerprint density at radius 1 is 0.810 bits per heavy atom. The topological polar surface area (TPSA) is 113 Å². The van der Waals surface area contributed by atoms with Crippen LogP contribution >= 0.6 is 0 Å². The number of amides is 2. The maximum Gasteiger partial charge on any atom is 0.252 e. The lowest BCUT2D eigenvalue weighted by atomic mass is 10.0. The average Bonchev–Trinajstić information content (AvgIpc) is 3.05. The Kier molecular flexibility index (Phi) is 10.7. The monoisotopic (exact) mass is 555 g/mol. The molecule has 0 aliphatic heterocycles. The Morgan fingerprint density at radius 2 is 1.45 bits per heavy atom. The predicted molar refractivity (Wildman–Crippen MR) is 160 cm³/mol. The summed E-state index contributed by atoms with van der Waals surface area (Å²) in [5.41, 5.74) is 3.59. The number of benzene rings is 2. The number of hydrogen-bond acceptors (Lipinski definition) is 6. The van der Waals surface area contributed by atoms with Crippen LogP contribution in [0.5, 0.6) is 0 Å². The number of nitrogens with zero attached hydrogens (tertiary/aromatic N) is 2. The zero-order chi connectivity index (χ0) is 29.6. The first-order chi connectivity index (χ1) is 20.6. The van der Waals surface area contributed by atoms with Gasteiger partial charge in [-0.1, -0.05) is 54.3 Å². The Hall–Kier alpha value is -5.57. The van der Waals surface area contributed by atoms with E-state index in [-0.39, 0.29) is 6.54 Å². The molecule has 0 fully saturated rings. The molecule has 0 aliphatic carbocycles. The SMILES string of the molecule is CNC(=O)[C@H](CN[C@H](C=O)Cc1ccccc1)NC(=O)c1ccc(C#Cc2ccccn2)c(C#Cc2ccccn2)c1. The molecular formula is C34H29N5O3. The standard InChI is InChI=1S/C34H29N5O3/c1-35-34(42)32(23-38-31(24-40)21-25-9-3-2-4-10-25)39-33(41)28-14-13-26(15-17-29-11-5-7-19-36-29)27(22-28)16-18-30-12-6-8-20-37-30/h2-14,19-20,22,24,31-32,38H,21,23H2,1H3,(H,35,42)(H,39,41)/t31-,32-/m0/s1. The zero-order valence-electron chi connectivity index (χ0n) is 23.0. The second-order valence-corrected chi connectivity index (χ2v) is 9.17. The van der Waals surface area contributed by atoms with E-state index in [1.807, 2.05) is 48.5 Å². The molecule has 4 rings (SSSR count). The molecule has 3 N–H and O–H groups in total. The quantitative estimate of drug-likeness (QED) is 0.216. The lowest BCUT2D eigenvalue weighted by Crippen LogP contribution is -2.53. The third-order valence-corrected chi connectivity index (χ3v) is 6.18. The molecule has 2 aromatic heterocycles. The molecule has 0 bridgehead atoms. The van der Waals surface area contributed by atoms with Crippen molar-refractivity contribution >= 4 is 18.1 Å². The number of hydrogen-bond donors (Lipinski definition) is 3. The highest BCUT2D eigenvalue weighted by Crippen LogP contribution is 2.12. The number of nitrogens with one attached hydrogen (secondary N) is 3. The summed E-state index contributed by atoms with van der Waals surface area (Å²) in [4.78, 5) is 46.1. The van der Waals surface area contributed by atoms with Gasteiger partial charge in [0, 0.05) is 42.7 Å². The van der Waals surface area contributed by atoms with Crippen LogP contribution in [0, 0.1) is 23.7 Å². The normalized spacial score (nSPS) is 11.5. The van der Waals surface area contributed by atoms with E-state index in [9.17, 15) is 14.4 Å². The highest BCUT2D eigenvalue weighted by molar-refractivity contribution is 5.98. The van der Waals surface area contributed by atoms with Crippen molar-refractivity contribution in [3.05, 3.63) is 131 Å². The number of carbonyl (C=O) groups excluding carboxylic acids is 3. The minimum Gasteiger partial charge on any atom is -0.357 e. The van der Waals surface area contributed by atoms with E-state index < -0.39 is 23.9 Å². The van der Waals surface area contributed by atoms with Crippen molar-refractivity contribution < 1.29 is 14.4 Å². The fourth-order valence-corrected chi connectivity index (χ4v) is 3.96. The van der Waals surface area contributed by atoms with E-state index in [0.29, 0.717) is 34.5 Å². The second-order valence-electron chi connectivity index (χ2n) is 9.17. The van der Waals surface area contributed by atoms with E-state index in [4.69, 9.17) is 0 Å². The zero-order valence-corrected chi connectivity index (χ0v) is 23.0. The maximum atomic E-state index is 13.3. The molecule has 8 nitrogen and oxygen atoms in total. The first-order valence-corrected chi connectivity index (χ1v) is 13.3. The predicted octanol–water partition coefficient (Wildman–Crippen LogP) is 2.52. The molecule has 2 heterocycles. The van der Waals surface area contributed by atoms with Crippen LogP contribution in [0.15, 0.2) is 97.3 Å². The van der Waals surface area contributed by atoms with Crippen LogP contribution in [0.3, 0.4) is 0 Å². The lowest BCUT2D eigenvalue weighted by molar-refractivity contribution is -0.122. The van der Waals surface area contributed by atoms with Crippen LogP contribution in [0.2, 0.25) is 0 Å². The summed E-state index contributed by atoms with van der Waals surface area (Å²) in [6, 6.07) is 24.0. The van der Waals surface area contributed by atoms with Crippen molar-refractivity contribution in [1.29, 1.82) is 0 Å². The maximum absolute atomic E-state index is 13.3. The van der Waals surface area contributed by atoms with Crippen LogP contribution in [0.4, 0.5) is 0 Å². The molecule has 0 spiro atoms. The minimum absolute atomic E-state index is 0.0572. The van der Waals surface area contributed by atoms with Gasteiger partial charge in [-0.05, 0) is 66.3 Å². The molecule has 0 unspecified atom stereocenters. The summed E-state index contributed by atoms with van der Waals surface area (Å²) in [5, 5.41) is 8.42. The summed E-state index contributed by atoms with van der Waals surface area (Å²) in [5.74, 6) is 11.3. The Balaban J connectivity index is 1.54. The van der Waals surface area contributed by atoms with Gasteiger partial charge in [0.15, 0.2) is 0 Å². The summed E-state index contributed by atoms with van der Waals surface area (Å²) in [7, 11) is 1.49. The molecule has 2 aromatic carbocycles. The van der Waals surface area contributed by atoms with E-state index in [1.165, 1.54) is 7.05 Å². The molecule has 0 saturated carbocycles. The van der Waals surface area contributed by atoms with Gasteiger partial charge in [0.1, 0.15) is 23.7 Å². The van der Waals surface area contributed by atoms with Gasteiger partial charge in [-0.2, -0.15) is 0 Å². The number of carbonyl (C=O) groups is 3. The van der Waals surface area contributed by atoms with Gasteiger partial charge in [-0.25, -0.2) is 9.97 Å². The number of aldehydes is 1. The summed E-state index contributed by atoms with van der Waals surface area (Å²) in [6.07, 6.45) is 4.57. The van der Waals surface area contributed by atoms with Crippen molar-refractivity contribution in [3.8, 4) is 23.7 Å². The number of likely N-dealkylation sites (N-methyl/N-ethyl adjacent to an activating group) is 1. The smallest absolute Gasteiger partial charge is 0.252 e. The van der Waals surface area contributed by atoms with E-state index in [2.05, 4.69) is 49.6 Å². The van der Waals surface area contributed by atoms with E-state index in [0.717, 1.165) is 11.8 Å². The molecule has 2 atom stereocenters. The molecule has 42 heavy (non-hydrogen) atoms. The van der Waals surface area contributed by atoms with Crippen molar-refractivity contribution in [2.75, 3.05) is 13.6 Å². The van der Waals surface area contributed by atoms with Gasteiger partial charge < -0.3 is 20.7 Å². The molecule has 0 saturated heterocycles. The van der Waals surface area contributed by atoms with Gasteiger partial charge in [0.05, 0.1) is 6.04 Å². The van der Waals surface area contributed by atoms with Crippen molar-refractivity contribution in [2.24, 2.45) is 0 Å². The van der Waals surface area contributed by atoms with Crippen molar-refractivity contribution in [1.82, 2.24) is 25.9 Å². The molecule has 8 heteroatoms. The minimum atomic E-state index is -0.924. The largest absolute Gasteiger partial charge is 0.357 e. The summed E-state index contributed by atoms with van der Waals surface area (Å²) < 4.78 is 0. The number of rotatable bonds is 9. The molecule has 208 valence electrons. The first kappa shape index (κ1) is 29.4. The van der Waals surface area contributed by atoms with Crippen LogP contribution in [0.1, 0.15) is 38.4 Å². The summed E-state index contributed by atoms with van der Waals surface area (Å²) in [6.45, 7) is 0.0572. The van der Waals surface area contributed by atoms with Gasteiger partial charge >= 0.3 is 0 Å². The Morgan fingerprint density at radius 3 is 2.05 bits per heavy atom. The molecular weight excluding hydrogens is 526 g/mol. The van der Waals surface area contributed by atoms with Crippen molar-refractivity contribution in [2.45, 2.75) is 18.5 Å². The highest BCUT2D eigenvalue weighted by atomic mass is 16.2. The summed E-state index contributed by atoms with van der Waals surface area (Å²) >= 11 is 0. The van der Waals surface area contributed by atoms with Crippen LogP contribution in [0.25, 0.3) is 0 Å². The van der Waals surface area contributed by atoms with Crippen LogP contribution in [-0.4, -0.2) is 53.7 Å². The van der Waals surface area contributed by atoms with Crippen LogP contribution in [-0.2, 0) is 16.0 Å². The third-order valence-electron chi connectivity index (χ3n) is 6.18. The fourth-order valence-electron chi connectivity index (χ4n) is 3.96. The van der Waals surface area contributed by atoms with Gasteiger partial charge in [0.25, 0.3) is 5.91 Å². The van der Waals surface area contributed by atoms with Gasteiger partial charge in [-0.3, -0.25) is 9.59 Å². The average molecular weight is 556 g/mol. The third kappa shape index (κ3) is 8.72. The molecule has 2 amide bonds. The van der Waals surface area contributed by atoms with Crippen LogP contribution < -0.4 is 16.0 Å².